The lowest BCUT2D eigenvalue weighted by Crippen LogP contribution is -2.59. The van der Waals surface area contributed by atoms with E-state index in [1.54, 1.807) is 0 Å². The smallest absolute Gasteiger partial charge is 0.0837 e. The van der Waals surface area contributed by atoms with Crippen LogP contribution < -0.4 is 5.73 Å². The first-order valence-electron chi connectivity index (χ1n) is 5.53. The summed E-state index contributed by atoms with van der Waals surface area (Å²) in [6.45, 7) is 1.64. The molecule has 0 unspecified atom stereocenters. The summed E-state index contributed by atoms with van der Waals surface area (Å²) in [5.41, 5.74) is 7.54. The molecule has 16 heavy (non-hydrogen) atoms. The van der Waals surface area contributed by atoms with Crippen LogP contribution in [0.25, 0.3) is 0 Å². The minimum absolute atomic E-state index is 0.292. The molecule has 0 atom stereocenters. The Morgan fingerprint density at radius 3 is 2.56 bits per heavy atom. The van der Waals surface area contributed by atoms with Crippen LogP contribution >= 0.6 is 0 Å². The first-order valence-corrected chi connectivity index (χ1v) is 5.53. The summed E-state index contributed by atoms with van der Waals surface area (Å²) in [6.07, 6.45) is 1.83. The quantitative estimate of drug-likeness (QED) is 0.726. The Hall–Kier alpha value is -1.53. The molecule has 2 N–H and O–H groups in total. The zero-order chi connectivity index (χ0) is 11.2. The molecule has 1 aliphatic carbocycles. The van der Waals surface area contributed by atoms with Crippen LogP contribution in [0.15, 0.2) is 24.3 Å². The van der Waals surface area contributed by atoms with Crippen molar-refractivity contribution < 1.29 is 4.74 Å². The van der Waals surface area contributed by atoms with Gasteiger partial charge >= 0.3 is 0 Å². The SMILES string of the molecule is N#CC1(c2cccc(N)c2)CC2(COC2)C1. The lowest BCUT2D eigenvalue weighted by Gasteiger charge is -2.57. The van der Waals surface area contributed by atoms with Gasteiger partial charge in [-0.05, 0) is 30.5 Å². The normalized spacial score (nSPS) is 24.2. The van der Waals surface area contributed by atoms with E-state index in [0.29, 0.717) is 5.41 Å². The van der Waals surface area contributed by atoms with Gasteiger partial charge in [-0.2, -0.15) is 5.26 Å². The van der Waals surface area contributed by atoms with Crippen LogP contribution in [-0.4, -0.2) is 13.2 Å². The summed E-state index contributed by atoms with van der Waals surface area (Å²) in [5.74, 6) is 0. The van der Waals surface area contributed by atoms with Crippen molar-refractivity contribution in [3.05, 3.63) is 29.8 Å². The summed E-state index contributed by atoms with van der Waals surface area (Å²) in [4.78, 5) is 0. The average Bonchev–Trinajstić information content (AvgIpc) is 2.15. The van der Waals surface area contributed by atoms with E-state index in [4.69, 9.17) is 10.5 Å². The predicted molar refractivity (Wildman–Crippen MR) is 60.6 cm³/mol. The van der Waals surface area contributed by atoms with Gasteiger partial charge in [0.2, 0.25) is 0 Å². The summed E-state index contributed by atoms with van der Waals surface area (Å²) in [7, 11) is 0. The van der Waals surface area contributed by atoms with Gasteiger partial charge in [-0.15, -0.1) is 0 Å². The second-order valence-corrected chi connectivity index (χ2v) is 5.17. The maximum absolute atomic E-state index is 9.40. The van der Waals surface area contributed by atoms with Crippen molar-refractivity contribution in [2.45, 2.75) is 18.3 Å². The Balaban J connectivity index is 1.90. The second kappa shape index (κ2) is 2.99. The van der Waals surface area contributed by atoms with E-state index in [9.17, 15) is 5.26 Å². The molecule has 2 aliphatic rings. The molecule has 1 saturated carbocycles. The topological polar surface area (TPSA) is 59.0 Å². The molecular formula is C13H14N2O. The molecule has 82 valence electrons. The third-order valence-corrected chi connectivity index (χ3v) is 3.82. The summed E-state index contributed by atoms with van der Waals surface area (Å²) in [6, 6.07) is 10.2. The molecular weight excluding hydrogens is 200 g/mol. The number of nitriles is 1. The second-order valence-electron chi connectivity index (χ2n) is 5.17. The number of nitrogens with two attached hydrogens (primary N) is 1. The van der Waals surface area contributed by atoms with Crippen LogP contribution in [0.4, 0.5) is 5.69 Å². The molecule has 1 aromatic carbocycles. The van der Waals surface area contributed by atoms with Crippen molar-refractivity contribution >= 4 is 5.69 Å². The lowest BCUT2D eigenvalue weighted by atomic mass is 9.50. The fourth-order valence-corrected chi connectivity index (χ4v) is 3.01. The zero-order valence-corrected chi connectivity index (χ0v) is 9.07. The molecule has 0 bridgehead atoms. The Kier molecular flexibility index (Phi) is 1.81. The minimum Gasteiger partial charge on any atom is -0.399 e. The van der Waals surface area contributed by atoms with Crippen LogP contribution in [0, 0.1) is 16.7 Å². The molecule has 0 radical (unpaired) electrons. The van der Waals surface area contributed by atoms with Gasteiger partial charge in [0, 0.05) is 11.1 Å². The maximum Gasteiger partial charge on any atom is 0.0837 e. The molecule has 0 aromatic heterocycles. The molecule has 3 rings (SSSR count). The largest absolute Gasteiger partial charge is 0.399 e. The van der Waals surface area contributed by atoms with Crippen LogP contribution in [0.2, 0.25) is 0 Å². The first kappa shape index (κ1) is 9.68. The maximum atomic E-state index is 9.40. The number of ether oxygens (including phenoxy) is 1. The third kappa shape index (κ3) is 1.17. The van der Waals surface area contributed by atoms with Gasteiger partial charge in [-0.3, -0.25) is 0 Å². The molecule has 0 amide bonds. The van der Waals surface area contributed by atoms with E-state index in [1.165, 1.54) is 0 Å². The number of anilines is 1. The molecule has 1 spiro atoms. The van der Waals surface area contributed by atoms with Gasteiger partial charge < -0.3 is 10.5 Å². The lowest BCUT2D eigenvalue weighted by molar-refractivity contribution is -0.178. The highest BCUT2D eigenvalue weighted by Gasteiger charge is 2.59. The van der Waals surface area contributed by atoms with Crippen molar-refractivity contribution in [3.63, 3.8) is 0 Å². The highest BCUT2D eigenvalue weighted by molar-refractivity contribution is 5.47. The van der Waals surface area contributed by atoms with Crippen molar-refractivity contribution in [3.8, 4) is 6.07 Å². The Labute approximate surface area is 94.8 Å². The van der Waals surface area contributed by atoms with Crippen molar-refractivity contribution in [1.82, 2.24) is 0 Å². The zero-order valence-electron chi connectivity index (χ0n) is 9.07. The van der Waals surface area contributed by atoms with Gasteiger partial charge in [0.05, 0.1) is 24.7 Å². The van der Waals surface area contributed by atoms with Crippen LogP contribution in [-0.2, 0) is 10.2 Å². The molecule has 1 heterocycles. The Morgan fingerprint density at radius 2 is 2.06 bits per heavy atom. The molecule has 2 fully saturated rings. The minimum atomic E-state index is -0.320. The van der Waals surface area contributed by atoms with E-state index in [1.807, 2.05) is 24.3 Å². The van der Waals surface area contributed by atoms with Gasteiger partial charge in [0.15, 0.2) is 0 Å². The number of nitrogen functional groups attached to an aromatic ring is 1. The van der Waals surface area contributed by atoms with E-state index >= 15 is 0 Å². The fraction of sp³-hybridized carbons (Fsp3) is 0.462. The molecule has 3 nitrogen and oxygen atoms in total. The monoisotopic (exact) mass is 214 g/mol. The van der Waals surface area contributed by atoms with Gasteiger partial charge in [-0.25, -0.2) is 0 Å². The number of hydrogen-bond acceptors (Lipinski definition) is 3. The summed E-state index contributed by atoms with van der Waals surface area (Å²) < 4.78 is 5.24. The van der Waals surface area contributed by atoms with Crippen molar-refractivity contribution in [2.24, 2.45) is 5.41 Å². The average molecular weight is 214 g/mol. The number of benzene rings is 1. The van der Waals surface area contributed by atoms with E-state index < -0.39 is 0 Å². The van der Waals surface area contributed by atoms with Crippen molar-refractivity contribution in [2.75, 3.05) is 18.9 Å². The van der Waals surface area contributed by atoms with Crippen LogP contribution in [0.1, 0.15) is 18.4 Å². The first-order chi connectivity index (χ1) is 7.68. The molecule has 1 aromatic rings. The number of rotatable bonds is 1. The summed E-state index contributed by atoms with van der Waals surface area (Å²) >= 11 is 0. The molecule has 3 heteroatoms. The van der Waals surface area contributed by atoms with Crippen LogP contribution in [0.3, 0.4) is 0 Å². The number of nitrogens with zero attached hydrogens (tertiary/aromatic N) is 1. The van der Waals surface area contributed by atoms with Gasteiger partial charge in [0.25, 0.3) is 0 Å². The third-order valence-electron chi connectivity index (χ3n) is 3.82. The van der Waals surface area contributed by atoms with E-state index in [-0.39, 0.29) is 5.41 Å². The van der Waals surface area contributed by atoms with E-state index in [2.05, 4.69) is 6.07 Å². The van der Waals surface area contributed by atoms with Gasteiger partial charge in [0.1, 0.15) is 0 Å². The number of hydrogen-bond donors (Lipinski definition) is 1. The van der Waals surface area contributed by atoms with Gasteiger partial charge in [-0.1, -0.05) is 12.1 Å². The molecule has 1 saturated heterocycles. The van der Waals surface area contributed by atoms with Crippen molar-refractivity contribution in [1.29, 1.82) is 5.26 Å². The highest BCUT2D eigenvalue weighted by atomic mass is 16.5. The Bertz CT molecular complexity index is 463. The molecule has 1 aliphatic heterocycles. The van der Waals surface area contributed by atoms with Crippen LogP contribution in [0.5, 0.6) is 0 Å². The highest BCUT2D eigenvalue weighted by Crippen LogP contribution is 2.58. The summed E-state index contributed by atoms with van der Waals surface area (Å²) in [5, 5.41) is 9.40. The standard InChI is InChI=1S/C13H14N2O/c14-7-13(5-12(6-13)8-16-9-12)10-2-1-3-11(15)4-10/h1-4H,5-6,8-9,15H2. The van der Waals surface area contributed by atoms with E-state index in [0.717, 1.165) is 37.3 Å². The Morgan fingerprint density at radius 1 is 1.31 bits per heavy atom. The fourth-order valence-electron chi connectivity index (χ4n) is 3.01. The predicted octanol–water partition coefficient (Wildman–Crippen LogP) is 1.84.